The number of hydrogen-bond donors (Lipinski definition) is 0. The molecule has 1 aliphatic heterocycles. The van der Waals surface area contributed by atoms with Crippen LogP contribution in [0, 0.1) is 12.3 Å². The number of benzene rings is 1. The third-order valence-corrected chi connectivity index (χ3v) is 3.75. The van der Waals surface area contributed by atoms with Crippen molar-refractivity contribution in [3.63, 3.8) is 0 Å². The van der Waals surface area contributed by atoms with Crippen molar-refractivity contribution in [1.29, 1.82) is 0 Å². The number of carbonyl (C=O) groups excluding carboxylic acids is 1. The molecule has 23 heavy (non-hydrogen) atoms. The van der Waals surface area contributed by atoms with E-state index in [-0.39, 0.29) is 5.91 Å². The van der Waals surface area contributed by atoms with Gasteiger partial charge in [0, 0.05) is 32.2 Å². The van der Waals surface area contributed by atoms with Gasteiger partial charge in [0.25, 0.3) is 5.91 Å². The van der Waals surface area contributed by atoms with Crippen LogP contribution in [0.15, 0.2) is 30.9 Å². The fourth-order valence-electron chi connectivity index (χ4n) is 2.48. The Morgan fingerprint density at radius 1 is 1.39 bits per heavy atom. The first-order valence-electron chi connectivity index (χ1n) is 7.56. The van der Waals surface area contributed by atoms with Crippen LogP contribution in [0.4, 0.5) is 0 Å². The molecular weight excluding hydrogens is 292 g/mol. The van der Waals surface area contributed by atoms with Gasteiger partial charge in [0.15, 0.2) is 0 Å². The van der Waals surface area contributed by atoms with Gasteiger partial charge in [-0.15, -0.1) is 6.42 Å². The van der Waals surface area contributed by atoms with Gasteiger partial charge in [0.1, 0.15) is 18.1 Å². The lowest BCUT2D eigenvalue weighted by atomic mass is 10.1. The minimum absolute atomic E-state index is 0.0351. The van der Waals surface area contributed by atoms with Crippen molar-refractivity contribution in [3.8, 4) is 23.8 Å². The first kappa shape index (κ1) is 16.9. The van der Waals surface area contributed by atoms with E-state index in [9.17, 15) is 4.79 Å². The summed E-state index contributed by atoms with van der Waals surface area (Å²) < 4.78 is 10.8. The molecule has 0 radical (unpaired) electrons. The number of methoxy groups -OCH3 is 1. The van der Waals surface area contributed by atoms with Crippen molar-refractivity contribution >= 4 is 5.91 Å². The molecule has 0 saturated carbocycles. The molecule has 1 aromatic carbocycles. The molecule has 2 rings (SSSR count). The summed E-state index contributed by atoms with van der Waals surface area (Å²) in [5.74, 6) is 3.77. The molecule has 0 atom stereocenters. The molecule has 0 N–H and O–H groups in total. The van der Waals surface area contributed by atoms with Crippen molar-refractivity contribution in [2.45, 2.75) is 0 Å². The molecule has 122 valence electrons. The average molecular weight is 314 g/mol. The van der Waals surface area contributed by atoms with Gasteiger partial charge in [0.2, 0.25) is 0 Å². The van der Waals surface area contributed by atoms with Crippen molar-refractivity contribution in [2.24, 2.45) is 0 Å². The second kappa shape index (κ2) is 8.25. The van der Waals surface area contributed by atoms with Crippen molar-refractivity contribution < 1.29 is 14.3 Å². The maximum atomic E-state index is 12.8. The van der Waals surface area contributed by atoms with Gasteiger partial charge in [-0.1, -0.05) is 18.6 Å². The number of hydrogen-bond acceptors (Lipinski definition) is 4. The van der Waals surface area contributed by atoms with E-state index in [0.717, 1.165) is 13.1 Å². The quantitative estimate of drug-likeness (QED) is 0.591. The molecular formula is C18H22N2O3. The minimum Gasteiger partial charge on any atom is -0.497 e. The van der Waals surface area contributed by atoms with Crippen LogP contribution in [0.5, 0.6) is 11.5 Å². The van der Waals surface area contributed by atoms with Crippen LogP contribution in [0.1, 0.15) is 10.4 Å². The zero-order valence-electron chi connectivity index (χ0n) is 13.5. The van der Waals surface area contributed by atoms with Gasteiger partial charge < -0.3 is 14.4 Å². The smallest absolute Gasteiger partial charge is 0.257 e. The molecule has 0 bridgehead atoms. The molecule has 0 unspecified atom stereocenters. The van der Waals surface area contributed by atoms with E-state index in [4.69, 9.17) is 15.9 Å². The standard InChI is InChI=1S/C18H22N2O3/c1-4-8-19-9-11-20(12-10-19)18(21)16-7-6-15(22-3)14-17(16)23-13-5-2/h1,5-7,14H,2,8-13H2,3H3. The molecule has 1 heterocycles. The molecule has 1 aliphatic rings. The lowest BCUT2D eigenvalue weighted by Crippen LogP contribution is -2.48. The van der Waals surface area contributed by atoms with E-state index in [1.807, 2.05) is 4.90 Å². The lowest BCUT2D eigenvalue weighted by Gasteiger charge is -2.34. The number of terminal acetylenes is 1. The highest BCUT2D eigenvalue weighted by Gasteiger charge is 2.24. The zero-order chi connectivity index (χ0) is 16.7. The van der Waals surface area contributed by atoms with Crippen molar-refractivity contribution in [2.75, 3.05) is 46.4 Å². The molecule has 0 aromatic heterocycles. The molecule has 5 nitrogen and oxygen atoms in total. The van der Waals surface area contributed by atoms with E-state index in [1.54, 1.807) is 31.4 Å². The van der Waals surface area contributed by atoms with Crippen molar-refractivity contribution in [3.05, 3.63) is 36.4 Å². The molecule has 1 saturated heterocycles. The Kier molecular flexibility index (Phi) is 6.07. The molecule has 0 aliphatic carbocycles. The molecule has 1 fully saturated rings. The number of piperazine rings is 1. The summed E-state index contributed by atoms with van der Waals surface area (Å²) in [6.07, 6.45) is 6.98. The number of ether oxygens (including phenoxy) is 2. The lowest BCUT2D eigenvalue weighted by molar-refractivity contribution is 0.0648. The Morgan fingerprint density at radius 2 is 2.13 bits per heavy atom. The second-order valence-corrected chi connectivity index (χ2v) is 5.23. The summed E-state index contributed by atoms with van der Waals surface area (Å²) in [5, 5.41) is 0. The molecule has 1 amide bonds. The van der Waals surface area contributed by atoms with Crippen LogP contribution in [-0.4, -0.2) is 62.1 Å². The Balaban J connectivity index is 2.12. The highest BCUT2D eigenvalue weighted by Crippen LogP contribution is 2.26. The average Bonchev–Trinajstić information content (AvgIpc) is 2.60. The van der Waals surface area contributed by atoms with Gasteiger partial charge in [-0.2, -0.15) is 0 Å². The first-order valence-corrected chi connectivity index (χ1v) is 7.56. The van der Waals surface area contributed by atoms with Crippen LogP contribution in [0.25, 0.3) is 0 Å². The highest BCUT2D eigenvalue weighted by atomic mass is 16.5. The number of amides is 1. The monoisotopic (exact) mass is 314 g/mol. The van der Waals surface area contributed by atoms with Gasteiger partial charge in [-0.05, 0) is 12.1 Å². The van der Waals surface area contributed by atoms with Crippen LogP contribution in [0.3, 0.4) is 0 Å². The summed E-state index contributed by atoms with van der Waals surface area (Å²) in [7, 11) is 1.58. The van der Waals surface area contributed by atoms with Crippen LogP contribution in [0.2, 0.25) is 0 Å². The Hall–Kier alpha value is -2.45. The van der Waals surface area contributed by atoms with Crippen LogP contribution >= 0.6 is 0 Å². The summed E-state index contributed by atoms with van der Waals surface area (Å²) in [6.45, 7) is 7.49. The van der Waals surface area contributed by atoms with E-state index in [2.05, 4.69) is 17.4 Å². The van der Waals surface area contributed by atoms with Gasteiger partial charge in [-0.3, -0.25) is 9.69 Å². The Morgan fingerprint density at radius 3 is 2.74 bits per heavy atom. The van der Waals surface area contributed by atoms with Crippen LogP contribution < -0.4 is 9.47 Å². The van der Waals surface area contributed by atoms with Gasteiger partial charge >= 0.3 is 0 Å². The summed E-state index contributed by atoms with van der Waals surface area (Å²) in [4.78, 5) is 16.8. The second-order valence-electron chi connectivity index (χ2n) is 5.23. The van der Waals surface area contributed by atoms with Crippen molar-refractivity contribution in [1.82, 2.24) is 9.80 Å². The number of rotatable bonds is 6. The predicted octanol–water partition coefficient (Wildman–Crippen LogP) is 1.65. The van der Waals surface area contributed by atoms with E-state index in [1.165, 1.54) is 0 Å². The van der Waals surface area contributed by atoms with E-state index >= 15 is 0 Å². The Labute approximate surface area is 137 Å². The maximum absolute atomic E-state index is 12.8. The summed E-state index contributed by atoms with van der Waals surface area (Å²) in [5.41, 5.74) is 0.540. The molecule has 1 aromatic rings. The maximum Gasteiger partial charge on any atom is 0.257 e. The summed E-state index contributed by atoms with van der Waals surface area (Å²) >= 11 is 0. The SMILES string of the molecule is C#CCN1CCN(C(=O)c2ccc(OC)cc2OCC=C)CC1. The minimum atomic E-state index is -0.0351. The fourth-order valence-corrected chi connectivity index (χ4v) is 2.48. The largest absolute Gasteiger partial charge is 0.497 e. The third-order valence-electron chi connectivity index (χ3n) is 3.75. The van der Waals surface area contributed by atoms with Crippen LogP contribution in [-0.2, 0) is 0 Å². The topological polar surface area (TPSA) is 42.0 Å². The first-order chi connectivity index (χ1) is 11.2. The highest BCUT2D eigenvalue weighted by molar-refractivity contribution is 5.97. The molecule has 0 spiro atoms. The third kappa shape index (κ3) is 4.27. The zero-order valence-corrected chi connectivity index (χ0v) is 13.5. The summed E-state index contributed by atoms with van der Waals surface area (Å²) in [6, 6.07) is 5.24. The predicted molar refractivity (Wildman–Crippen MR) is 89.9 cm³/mol. The van der Waals surface area contributed by atoms with E-state index in [0.29, 0.717) is 43.3 Å². The Bertz CT molecular complexity index is 599. The van der Waals surface area contributed by atoms with E-state index < -0.39 is 0 Å². The number of carbonyl (C=O) groups is 1. The normalized spacial score (nSPS) is 14.9. The fraction of sp³-hybridized carbons (Fsp3) is 0.389. The molecule has 5 heteroatoms. The van der Waals surface area contributed by atoms with Gasteiger partial charge in [-0.25, -0.2) is 0 Å². The number of nitrogens with zero attached hydrogens (tertiary/aromatic N) is 2. The van der Waals surface area contributed by atoms with Gasteiger partial charge in [0.05, 0.1) is 19.2 Å².